The summed E-state index contributed by atoms with van der Waals surface area (Å²) in [5, 5.41) is 13.1. The molecule has 0 aliphatic rings. The Balaban J connectivity index is 2.11. The van der Waals surface area contributed by atoms with E-state index < -0.39 is 5.91 Å². The Morgan fingerprint density at radius 2 is 2.35 bits per heavy atom. The number of hydrogen-bond donors (Lipinski definition) is 2. The van der Waals surface area contributed by atoms with Crippen LogP contribution in [0.4, 0.5) is 0 Å². The number of nitriles is 1. The highest BCUT2D eigenvalue weighted by Gasteiger charge is 2.00. The number of aromatic nitrogens is 1. The molecular weight excluding hydrogens is 216 g/mol. The molecule has 1 aromatic carbocycles. The number of amides is 1. The highest BCUT2D eigenvalue weighted by Crippen LogP contribution is 2.15. The lowest BCUT2D eigenvalue weighted by molar-refractivity contribution is -0.120. The van der Waals surface area contributed by atoms with E-state index >= 15 is 0 Å². The van der Waals surface area contributed by atoms with Crippen molar-refractivity contribution >= 4 is 23.0 Å². The lowest BCUT2D eigenvalue weighted by Gasteiger charge is -1.93. The zero-order chi connectivity index (χ0) is 12.1. The first kappa shape index (κ1) is 10.9. The second-order valence-corrected chi connectivity index (χ2v) is 3.42. The van der Waals surface area contributed by atoms with Gasteiger partial charge in [0.25, 0.3) is 5.91 Å². The average Bonchev–Trinajstić information content (AvgIpc) is 2.73. The van der Waals surface area contributed by atoms with Crippen LogP contribution in [0.15, 0.2) is 35.6 Å². The van der Waals surface area contributed by atoms with Crippen molar-refractivity contribution in [3.8, 4) is 6.07 Å². The van der Waals surface area contributed by atoms with Crippen LogP contribution < -0.4 is 5.43 Å². The first-order chi connectivity index (χ1) is 8.31. The molecular formula is C12H10N4O. The molecule has 1 amide bonds. The van der Waals surface area contributed by atoms with Gasteiger partial charge in [0.1, 0.15) is 6.42 Å². The van der Waals surface area contributed by atoms with Gasteiger partial charge in [0.15, 0.2) is 0 Å². The lowest BCUT2D eigenvalue weighted by Crippen LogP contribution is -2.16. The van der Waals surface area contributed by atoms with Gasteiger partial charge in [-0.1, -0.05) is 18.2 Å². The highest BCUT2D eigenvalue weighted by atomic mass is 16.2. The minimum Gasteiger partial charge on any atom is -0.361 e. The van der Waals surface area contributed by atoms with Crippen LogP contribution in [0.1, 0.15) is 12.0 Å². The van der Waals surface area contributed by atoms with Gasteiger partial charge in [-0.05, 0) is 6.07 Å². The number of nitrogens with one attached hydrogen (secondary N) is 2. The first-order valence-electron chi connectivity index (χ1n) is 5.06. The van der Waals surface area contributed by atoms with E-state index in [-0.39, 0.29) is 6.42 Å². The molecule has 0 aliphatic heterocycles. The minimum absolute atomic E-state index is 0.189. The van der Waals surface area contributed by atoms with E-state index in [1.165, 1.54) is 0 Å². The Labute approximate surface area is 97.8 Å². The summed E-state index contributed by atoms with van der Waals surface area (Å²) >= 11 is 0. The molecule has 0 atom stereocenters. The second-order valence-electron chi connectivity index (χ2n) is 3.42. The molecule has 0 unspecified atom stereocenters. The molecule has 0 saturated heterocycles. The third-order valence-corrected chi connectivity index (χ3v) is 2.25. The summed E-state index contributed by atoms with van der Waals surface area (Å²) in [6, 6.07) is 9.54. The van der Waals surface area contributed by atoms with Gasteiger partial charge in [-0.2, -0.15) is 10.4 Å². The molecule has 2 N–H and O–H groups in total. The topological polar surface area (TPSA) is 81.0 Å². The summed E-state index contributed by atoms with van der Waals surface area (Å²) in [6.45, 7) is 0. The maximum Gasteiger partial charge on any atom is 0.254 e. The monoisotopic (exact) mass is 226 g/mol. The molecule has 84 valence electrons. The maximum atomic E-state index is 11.0. The van der Waals surface area contributed by atoms with Crippen LogP contribution in [0.2, 0.25) is 0 Å². The fourth-order valence-electron chi connectivity index (χ4n) is 1.49. The fourth-order valence-corrected chi connectivity index (χ4v) is 1.49. The van der Waals surface area contributed by atoms with Crippen LogP contribution in [0.5, 0.6) is 0 Å². The molecule has 1 heterocycles. The normalized spacial score (nSPS) is 10.5. The van der Waals surface area contributed by atoms with Gasteiger partial charge < -0.3 is 4.98 Å². The van der Waals surface area contributed by atoms with Crippen LogP contribution in [-0.2, 0) is 4.79 Å². The molecule has 0 saturated carbocycles. The number of aromatic amines is 1. The van der Waals surface area contributed by atoms with Gasteiger partial charge in [-0.25, -0.2) is 5.43 Å². The van der Waals surface area contributed by atoms with Crippen LogP contribution >= 0.6 is 0 Å². The molecule has 2 aromatic rings. The predicted octanol–water partition coefficient (Wildman–Crippen LogP) is 1.53. The summed E-state index contributed by atoms with van der Waals surface area (Å²) < 4.78 is 0. The van der Waals surface area contributed by atoms with Crippen LogP contribution in [-0.4, -0.2) is 17.1 Å². The van der Waals surface area contributed by atoms with Crippen molar-refractivity contribution in [2.75, 3.05) is 0 Å². The molecule has 1 aromatic heterocycles. The summed E-state index contributed by atoms with van der Waals surface area (Å²) in [5.41, 5.74) is 4.18. The van der Waals surface area contributed by atoms with E-state index in [9.17, 15) is 4.79 Å². The molecule has 2 rings (SSSR count). The zero-order valence-corrected chi connectivity index (χ0v) is 8.97. The zero-order valence-electron chi connectivity index (χ0n) is 8.97. The quantitative estimate of drug-likeness (QED) is 0.614. The average molecular weight is 226 g/mol. The number of fused-ring (bicyclic) bond motifs is 1. The Bertz CT molecular complexity index is 606. The number of rotatable bonds is 3. The van der Waals surface area contributed by atoms with Crippen LogP contribution in [0.25, 0.3) is 10.9 Å². The second kappa shape index (κ2) is 4.94. The van der Waals surface area contributed by atoms with Crippen molar-refractivity contribution < 1.29 is 4.79 Å². The van der Waals surface area contributed by atoms with Gasteiger partial charge in [0.05, 0.1) is 12.3 Å². The van der Waals surface area contributed by atoms with Gasteiger partial charge in [0.2, 0.25) is 0 Å². The van der Waals surface area contributed by atoms with E-state index in [0.29, 0.717) is 0 Å². The van der Waals surface area contributed by atoms with Crippen molar-refractivity contribution in [1.29, 1.82) is 5.26 Å². The van der Waals surface area contributed by atoms with E-state index in [1.807, 2.05) is 30.5 Å². The lowest BCUT2D eigenvalue weighted by atomic mass is 10.2. The number of hydrazone groups is 1. The Hall–Kier alpha value is -2.61. The summed E-state index contributed by atoms with van der Waals surface area (Å²) in [5.74, 6) is -0.413. The van der Waals surface area contributed by atoms with E-state index in [4.69, 9.17) is 5.26 Å². The molecule has 5 nitrogen and oxygen atoms in total. The Morgan fingerprint density at radius 3 is 3.18 bits per heavy atom. The van der Waals surface area contributed by atoms with Crippen LogP contribution in [0.3, 0.4) is 0 Å². The van der Waals surface area contributed by atoms with Crippen molar-refractivity contribution in [2.45, 2.75) is 6.42 Å². The van der Waals surface area contributed by atoms with Crippen molar-refractivity contribution in [3.63, 3.8) is 0 Å². The van der Waals surface area contributed by atoms with E-state index in [0.717, 1.165) is 16.5 Å². The number of H-pyrrole nitrogens is 1. The molecule has 0 radical (unpaired) electrons. The molecule has 0 spiro atoms. The number of carbonyl (C=O) groups is 1. The number of benzene rings is 1. The maximum absolute atomic E-state index is 11.0. The third kappa shape index (κ3) is 2.49. The number of para-hydroxylation sites is 1. The van der Waals surface area contributed by atoms with Gasteiger partial charge in [0, 0.05) is 22.7 Å². The van der Waals surface area contributed by atoms with Gasteiger partial charge in [-0.15, -0.1) is 0 Å². The SMILES string of the molecule is N#CCC(=O)NN=Cc1c[nH]c2ccccc12. The summed E-state index contributed by atoms with van der Waals surface area (Å²) in [4.78, 5) is 14.1. The van der Waals surface area contributed by atoms with Crippen molar-refractivity contribution in [1.82, 2.24) is 10.4 Å². The largest absolute Gasteiger partial charge is 0.361 e. The summed E-state index contributed by atoms with van der Waals surface area (Å²) in [6.07, 6.45) is 3.17. The smallest absolute Gasteiger partial charge is 0.254 e. The first-order valence-corrected chi connectivity index (χ1v) is 5.06. The third-order valence-electron chi connectivity index (χ3n) is 2.25. The van der Waals surface area contributed by atoms with Gasteiger partial charge >= 0.3 is 0 Å². The Morgan fingerprint density at radius 1 is 1.53 bits per heavy atom. The van der Waals surface area contributed by atoms with E-state index in [2.05, 4.69) is 15.5 Å². The standard InChI is InChI=1S/C12H10N4O/c13-6-5-12(17)16-15-8-9-7-14-11-4-2-1-3-10(9)11/h1-4,7-8,14H,5H2,(H,16,17). The fraction of sp³-hybridized carbons (Fsp3) is 0.0833. The molecule has 0 bridgehead atoms. The van der Waals surface area contributed by atoms with Crippen LogP contribution in [0, 0.1) is 11.3 Å². The number of nitrogens with zero attached hydrogens (tertiary/aromatic N) is 2. The van der Waals surface area contributed by atoms with Crippen molar-refractivity contribution in [2.24, 2.45) is 5.10 Å². The van der Waals surface area contributed by atoms with E-state index in [1.54, 1.807) is 12.3 Å². The highest BCUT2D eigenvalue weighted by molar-refractivity contribution is 5.99. The van der Waals surface area contributed by atoms with Gasteiger partial charge in [-0.3, -0.25) is 4.79 Å². The minimum atomic E-state index is -0.413. The Kier molecular flexibility index (Phi) is 3.17. The number of carbonyl (C=O) groups excluding carboxylic acids is 1. The summed E-state index contributed by atoms with van der Waals surface area (Å²) in [7, 11) is 0. The predicted molar refractivity (Wildman–Crippen MR) is 64.3 cm³/mol. The van der Waals surface area contributed by atoms with Crippen molar-refractivity contribution in [3.05, 3.63) is 36.0 Å². The molecule has 0 fully saturated rings. The molecule has 5 heteroatoms. The molecule has 0 aliphatic carbocycles. The number of hydrogen-bond acceptors (Lipinski definition) is 3. The molecule has 17 heavy (non-hydrogen) atoms.